The normalized spacial score (nSPS) is 18.8. The summed E-state index contributed by atoms with van der Waals surface area (Å²) in [6.07, 6.45) is -5.28. The summed E-state index contributed by atoms with van der Waals surface area (Å²) in [4.78, 5) is 45.1. The molecular formula is C48H64F3N6O10P. The number of aliphatic imine (C=N–C) groups is 1. The molecule has 4 N–H and O–H groups in total. The van der Waals surface area contributed by atoms with Gasteiger partial charge in [0.05, 0.1) is 27.4 Å². The van der Waals surface area contributed by atoms with Crippen LogP contribution in [-0.4, -0.2) is 113 Å². The number of anilines is 1. The minimum Gasteiger partial charge on any atom is -0.497 e. The lowest BCUT2D eigenvalue weighted by atomic mass is 9.80. The predicted octanol–water partition coefficient (Wildman–Crippen LogP) is 7.55. The van der Waals surface area contributed by atoms with Crippen molar-refractivity contribution in [3.05, 3.63) is 118 Å². The number of alkyl halides is 3. The summed E-state index contributed by atoms with van der Waals surface area (Å²) in [7, 11) is -1.57. The zero-order chi connectivity index (χ0) is 49.9. The van der Waals surface area contributed by atoms with Crippen molar-refractivity contribution < 1.29 is 56.0 Å². The number of nitrogens with one attached hydrogen (secondary N) is 2. The molecule has 1 aliphatic heterocycles. The highest BCUT2D eigenvalue weighted by atomic mass is 31.2. The van der Waals surface area contributed by atoms with Gasteiger partial charge in [-0.1, -0.05) is 61.0 Å². The van der Waals surface area contributed by atoms with Crippen LogP contribution >= 0.6 is 7.75 Å². The summed E-state index contributed by atoms with van der Waals surface area (Å²) in [5.41, 5.74) is -0.319. The van der Waals surface area contributed by atoms with Gasteiger partial charge in [0.2, 0.25) is 0 Å². The van der Waals surface area contributed by atoms with Crippen LogP contribution < -0.4 is 25.8 Å². The summed E-state index contributed by atoms with van der Waals surface area (Å²) < 4.78 is 84.6. The van der Waals surface area contributed by atoms with Gasteiger partial charge < -0.3 is 39.6 Å². The number of carbonyl (C=O) groups is 1. The predicted molar refractivity (Wildman–Crippen MR) is 252 cm³/mol. The fourth-order valence-electron chi connectivity index (χ4n) is 8.34. The van der Waals surface area contributed by atoms with Crippen molar-refractivity contribution >= 4 is 25.7 Å². The zero-order valence-electron chi connectivity index (χ0n) is 39.7. The third-order valence-corrected chi connectivity index (χ3v) is 13.4. The molecule has 2 heterocycles. The molecule has 3 aromatic carbocycles. The summed E-state index contributed by atoms with van der Waals surface area (Å²) in [5, 5.41) is 17.1. The number of halogens is 3. The monoisotopic (exact) mass is 972 g/mol. The lowest BCUT2D eigenvalue weighted by Crippen LogP contribution is -2.46. The number of carbonyl (C=O) groups excluding carboxylic acids is 1. The smallest absolute Gasteiger partial charge is 0.471 e. The first-order valence-corrected chi connectivity index (χ1v) is 24.0. The molecule has 1 fully saturated rings. The van der Waals surface area contributed by atoms with E-state index >= 15 is 0 Å². The molecule has 0 bridgehead atoms. The lowest BCUT2D eigenvalue weighted by Gasteiger charge is -2.41. The van der Waals surface area contributed by atoms with Gasteiger partial charge in [-0.2, -0.15) is 18.2 Å². The number of ether oxygens (including phenoxy) is 4. The first-order chi connectivity index (χ1) is 32.1. The van der Waals surface area contributed by atoms with Gasteiger partial charge in [0.1, 0.15) is 41.2 Å². The van der Waals surface area contributed by atoms with Gasteiger partial charge >= 0.3 is 25.5 Å². The largest absolute Gasteiger partial charge is 0.497 e. The summed E-state index contributed by atoms with van der Waals surface area (Å²) in [6, 6.07) is 23.8. The number of benzene rings is 3. The number of amides is 1. The standard InChI is InChI=1S/C48H64F3N6O10P/c1-32(2)57(46(4,5)6)68(61,62)67-41-39(31-65-47(34-16-12-11-13-17-34,35-18-22-37(63-7)23-19-35)36-20-24-38(64-8)25-21-36)66-43(40(41)58)56-30-33(3)42(55-45(56)60)53-29-28-52-26-14-9-10-15-27-54-44(59)48(49,50)51/h11-13,16-26,30,32,39-41,43,58H,9-10,14-15,27-29,31H2,1-8H3,(H,54,59)(H,61,62)(H,53,55,60). The number of hydrogen-bond acceptors (Lipinski definition) is 12. The first-order valence-electron chi connectivity index (χ1n) is 22.4. The van der Waals surface area contributed by atoms with Crippen molar-refractivity contribution in [2.24, 2.45) is 4.99 Å². The SMILES string of the molecule is COc1ccc(C(OCC2OC(n3cc(C)c(NCCN=CCCCCCNC(=O)C(F)(F)F)nc3=O)C(O)C2OP(=O)(O)N(C(C)C)C(C)(C)C)(c2ccccc2)c2ccc(OC)cc2)cc1. The Bertz CT molecular complexity index is 2330. The molecule has 0 saturated carbocycles. The third-order valence-electron chi connectivity index (χ3n) is 11.3. The van der Waals surface area contributed by atoms with Crippen LogP contribution in [0.4, 0.5) is 19.0 Å². The average molecular weight is 973 g/mol. The van der Waals surface area contributed by atoms with E-state index in [2.05, 4.69) is 15.3 Å². The molecule has 0 radical (unpaired) electrons. The maximum atomic E-state index is 14.4. The molecule has 5 unspecified atom stereocenters. The van der Waals surface area contributed by atoms with Crippen molar-refractivity contribution in [1.82, 2.24) is 19.5 Å². The Morgan fingerprint density at radius 3 is 2.07 bits per heavy atom. The van der Waals surface area contributed by atoms with Gasteiger partial charge in [0.15, 0.2) is 6.23 Å². The van der Waals surface area contributed by atoms with Crippen molar-refractivity contribution in [3.63, 3.8) is 0 Å². The zero-order valence-corrected chi connectivity index (χ0v) is 40.6. The highest BCUT2D eigenvalue weighted by molar-refractivity contribution is 7.50. The van der Waals surface area contributed by atoms with Crippen LogP contribution in [0.5, 0.6) is 11.5 Å². The number of aryl methyl sites for hydroxylation is 1. The van der Waals surface area contributed by atoms with E-state index in [-0.39, 0.29) is 19.0 Å². The van der Waals surface area contributed by atoms with Gasteiger partial charge in [-0.05, 0) is 108 Å². The van der Waals surface area contributed by atoms with E-state index in [1.165, 1.54) is 10.9 Å². The fraction of sp³-hybridized carbons (Fsp3) is 0.500. The topological polar surface area (TPSA) is 195 Å². The second-order valence-corrected chi connectivity index (χ2v) is 19.2. The second kappa shape index (κ2) is 23.4. The van der Waals surface area contributed by atoms with E-state index in [9.17, 15) is 37.3 Å². The molecule has 1 saturated heterocycles. The molecule has 5 rings (SSSR count). The number of methoxy groups -OCH3 is 2. The van der Waals surface area contributed by atoms with Crippen LogP contribution in [0, 0.1) is 6.92 Å². The molecule has 1 aromatic heterocycles. The minimum absolute atomic E-state index is 0.0644. The van der Waals surface area contributed by atoms with Crippen LogP contribution in [0.3, 0.4) is 0 Å². The maximum absolute atomic E-state index is 14.4. The highest BCUT2D eigenvalue weighted by Gasteiger charge is 2.53. The number of aliphatic hydroxyl groups excluding tert-OH is 1. The van der Waals surface area contributed by atoms with Crippen LogP contribution in [0.15, 0.2) is 94.8 Å². The van der Waals surface area contributed by atoms with E-state index in [0.717, 1.165) is 10.1 Å². The van der Waals surface area contributed by atoms with Crippen molar-refractivity contribution in [1.29, 1.82) is 0 Å². The lowest BCUT2D eigenvalue weighted by molar-refractivity contribution is -0.173. The number of unbranched alkanes of at least 4 members (excludes halogenated alkanes) is 3. The number of aliphatic hydroxyl groups is 1. The van der Waals surface area contributed by atoms with Crippen molar-refractivity contribution in [2.75, 3.05) is 45.8 Å². The Hall–Kier alpha value is -5.14. The Labute approximate surface area is 395 Å². The average Bonchev–Trinajstić information content (AvgIpc) is 3.58. The van der Waals surface area contributed by atoms with Crippen LogP contribution in [-0.2, 0) is 29.0 Å². The molecule has 372 valence electrons. The quantitative estimate of drug-likeness (QED) is 0.0247. The van der Waals surface area contributed by atoms with E-state index in [0.29, 0.717) is 67.0 Å². The van der Waals surface area contributed by atoms with E-state index in [1.807, 2.05) is 84.2 Å². The molecule has 16 nitrogen and oxygen atoms in total. The Morgan fingerprint density at radius 2 is 1.53 bits per heavy atom. The van der Waals surface area contributed by atoms with Crippen LogP contribution in [0.2, 0.25) is 0 Å². The molecular weight excluding hydrogens is 909 g/mol. The molecule has 1 aliphatic rings. The molecule has 68 heavy (non-hydrogen) atoms. The van der Waals surface area contributed by atoms with Gasteiger partial charge in [-0.3, -0.25) is 18.9 Å². The summed E-state index contributed by atoms with van der Waals surface area (Å²) in [5.74, 6) is -0.449. The van der Waals surface area contributed by atoms with Crippen molar-refractivity contribution in [3.8, 4) is 11.5 Å². The van der Waals surface area contributed by atoms with Crippen molar-refractivity contribution in [2.45, 2.75) is 115 Å². The van der Waals surface area contributed by atoms with Gasteiger partial charge in [-0.15, -0.1) is 0 Å². The Kier molecular flexibility index (Phi) is 18.6. The fourth-order valence-corrected chi connectivity index (χ4v) is 10.4. The molecule has 5 atom stereocenters. The summed E-state index contributed by atoms with van der Waals surface area (Å²) in [6.45, 7) is 10.8. The number of nitrogens with zero attached hydrogens (tertiary/aromatic N) is 4. The Balaban J connectivity index is 1.41. The third kappa shape index (κ3) is 13.3. The minimum atomic E-state index is -4.90. The number of rotatable bonds is 23. The molecule has 4 aromatic rings. The van der Waals surface area contributed by atoms with E-state index < -0.39 is 67.2 Å². The van der Waals surface area contributed by atoms with E-state index in [4.69, 9.17) is 23.5 Å². The number of aromatic nitrogens is 2. The first kappa shape index (κ1) is 53.8. The van der Waals surface area contributed by atoms with Gasteiger partial charge in [0, 0.05) is 36.4 Å². The molecule has 1 amide bonds. The van der Waals surface area contributed by atoms with Crippen LogP contribution in [0.1, 0.15) is 88.8 Å². The van der Waals surface area contributed by atoms with Gasteiger partial charge in [0.25, 0.3) is 0 Å². The molecule has 0 aliphatic carbocycles. The highest BCUT2D eigenvalue weighted by Crippen LogP contribution is 2.55. The summed E-state index contributed by atoms with van der Waals surface area (Å²) >= 11 is 0. The second-order valence-electron chi connectivity index (χ2n) is 17.6. The van der Waals surface area contributed by atoms with E-state index in [1.54, 1.807) is 62.0 Å². The Morgan fingerprint density at radius 1 is 0.941 bits per heavy atom. The number of hydrogen-bond donors (Lipinski definition) is 4. The molecule has 0 spiro atoms. The van der Waals surface area contributed by atoms with Gasteiger partial charge in [-0.25, -0.2) is 14.0 Å². The molecule has 20 heteroatoms. The maximum Gasteiger partial charge on any atom is 0.471 e. The van der Waals surface area contributed by atoms with Crippen LogP contribution in [0.25, 0.3) is 0 Å².